The second-order valence-electron chi connectivity index (χ2n) is 6.12. The number of aromatic nitrogens is 2. The molecular weight excluding hydrogens is 313 g/mol. The van der Waals surface area contributed by atoms with Crippen LogP contribution in [0.15, 0.2) is 72.9 Å². The Labute approximate surface area is 145 Å². The summed E-state index contributed by atoms with van der Waals surface area (Å²) < 4.78 is 13.9. The number of aromatic amines is 2. The van der Waals surface area contributed by atoms with Crippen LogP contribution in [0.25, 0.3) is 10.9 Å². The monoisotopic (exact) mass is 332 g/mol. The normalized spacial score (nSPS) is 12.2. The summed E-state index contributed by atoms with van der Waals surface area (Å²) in [5.41, 5.74) is 4.15. The molecule has 0 aliphatic carbocycles. The van der Waals surface area contributed by atoms with Crippen molar-refractivity contribution in [1.82, 2.24) is 4.98 Å². The zero-order valence-corrected chi connectivity index (χ0v) is 13.9. The highest BCUT2D eigenvalue weighted by atomic mass is 19.1. The van der Waals surface area contributed by atoms with Crippen molar-refractivity contribution in [2.75, 3.05) is 5.32 Å². The van der Waals surface area contributed by atoms with Crippen molar-refractivity contribution in [3.05, 3.63) is 95.6 Å². The van der Waals surface area contributed by atoms with E-state index in [0.29, 0.717) is 0 Å². The number of benzene rings is 2. The van der Waals surface area contributed by atoms with Crippen molar-refractivity contribution >= 4 is 16.7 Å². The Balaban J connectivity index is 1.89. The average molecular weight is 332 g/mol. The van der Waals surface area contributed by atoms with Crippen LogP contribution in [0.5, 0.6) is 0 Å². The van der Waals surface area contributed by atoms with E-state index < -0.39 is 0 Å². The second-order valence-corrected chi connectivity index (χ2v) is 6.12. The molecule has 0 aliphatic heterocycles. The lowest BCUT2D eigenvalue weighted by atomic mass is 9.96. The molecule has 0 aliphatic rings. The summed E-state index contributed by atoms with van der Waals surface area (Å²) in [5, 5.41) is 4.65. The van der Waals surface area contributed by atoms with E-state index in [1.807, 2.05) is 42.6 Å². The molecule has 25 heavy (non-hydrogen) atoms. The Morgan fingerprint density at radius 2 is 1.84 bits per heavy atom. The number of anilines is 1. The Morgan fingerprint density at radius 1 is 1.00 bits per heavy atom. The highest BCUT2D eigenvalue weighted by molar-refractivity contribution is 5.86. The second kappa shape index (κ2) is 6.40. The molecule has 0 saturated heterocycles. The van der Waals surface area contributed by atoms with Gasteiger partial charge in [0.25, 0.3) is 5.82 Å². The molecule has 4 rings (SSSR count). The molecule has 4 heteroatoms. The van der Waals surface area contributed by atoms with E-state index >= 15 is 0 Å². The lowest BCUT2D eigenvalue weighted by molar-refractivity contribution is -0.361. The van der Waals surface area contributed by atoms with Crippen LogP contribution in [0.3, 0.4) is 0 Å². The van der Waals surface area contributed by atoms with E-state index in [1.165, 1.54) is 6.07 Å². The smallest absolute Gasteiger partial charge is 0.272 e. The molecule has 2 aromatic heterocycles. The number of nitrogens with one attached hydrogen (secondary N) is 3. The maximum Gasteiger partial charge on any atom is 0.272 e. The van der Waals surface area contributed by atoms with Gasteiger partial charge in [0.05, 0.1) is 6.20 Å². The molecule has 0 spiro atoms. The number of hydrogen-bond donors (Lipinski definition) is 2. The van der Waals surface area contributed by atoms with E-state index in [2.05, 4.69) is 34.3 Å². The minimum Gasteiger partial charge on any atom is -0.358 e. The third kappa shape index (κ3) is 2.98. The van der Waals surface area contributed by atoms with Gasteiger partial charge in [-0.3, -0.25) is 5.32 Å². The summed E-state index contributed by atoms with van der Waals surface area (Å²) in [5.74, 6) is 0.639. The molecule has 2 aromatic carbocycles. The topological polar surface area (TPSA) is 42.0 Å². The zero-order chi connectivity index (χ0) is 17.2. The summed E-state index contributed by atoms with van der Waals surface area (Å²) in [4.78, 5) is 6.63. The average Bonchev–Trinajstić information content (AvgIpc) is 2.96. The zero-order valence-electron chi connectivity index (χ0n) is 13.9. The predicted molar refractivity (Wildman–Crippen MR) is 97.9 cm³/mol. The molecule has 0 unspecified atom stereocenters. The molecule has 2 heterocycles. The molecule has 0 radical (unpaired) electrons. The van der Waals surface area contributed by atoms with Crippen molar-refractivity contribution in [2.45, 2.75) is 13.0 Å². The number of aryl methyl sites for hydroxylation is 1. The first-order valence-electron chi connectivity index (χ1n) is 8.28. The summed E-state index contributed by atoms with van der Waals surface area (Å²) in [6, 6.07) is 20.6. The molecule has 1 atom stereocenters. The molecule has 0 saturated carbocycles. The lowest BCUT2D eigenvalue weighted by Gasteiger charge is -2.16. The van der Waals surface area contributed by atoms with Crippen molar-refractivity contribution in [3.8, 4) is 0 Å². The largest absolute Gasteiger partial charge is 0.358 e. The van der Waals surface area contributed by atoms with Gasteiger partial charge in [0.15, 0.2) is 0 Å². The van der Waals surface area contributed by atoms with E-state index in [4.69, 9.17) is 0 Å². The van der Waals surface area contributed by atoms with Crippen LogP contribution in [-0.4, -0.2) is 4.98 Å². The van der Waals surface area contributed by atoms with E-state index in [-0.39, 0.29) is 11.9 Å². The molecule has 0 amide bonds. The van der Waals surface area contributed by atoms with Gasteiger partial charge in [0.1, 0.15) is 11.9 Å². The maximum absolute atomic E-state index is 13.9. The van der Waals surface area contributed by atoms with Crippen molar-refractivity contribution in [3.63, 3.8) is 0 Å². The quantitative estimate of drug-likeness (QED) is 0.562. The SMILES string of the molecule is Cc1[nH]c2ccccc2c1[C@@H](Nc1cccc[nH+]1)c1cccc(F)c1. The van der Waals surface area contributed by atoms with Crippen LogP contribution in [0, 0.1) is 12.7 Å². The standard InChI is InChI=1S/C21H18FN3/c1-14-20(17-9-2-3-10-18(17)24-14)21(15-7-6-8-16(22)13-15)25-19-11-4-5-12-23-19/h2-13,21,24H,1H3,(H,23,25)/p+1/t21-/m0/s1. The van der Waals surface area contributed by atoms with Crippen LogP contribution in [0.1, 0.15) is 22.9 Å². The number of H-pyrrole nitrogens is 2. The van der Waals surface area contributed by atoms with Gasteiger partial charge in [-0.25, -0.2) is 9.37 Å². The molecule has 0 fully saturated rings. The third-order valence-electron chi connectivity index (χ3n) is 4.42. The number of para-hydroxylation sites is 1. The molecule has 0 bridgehead atoms. The molecule has 124 valence electrons. The highest BCUT2D eigenvalue weighted by Gasteiger charge is 2.25. The van der Waals surface area contributed by atoms with Crippen molar-refractivity contribution < 1.29 is 9.37 Å². The number of pyridine rings is 1. The summed E-state index contributed by atoms with van der Waals surface area (Å²) in [7, 11) is 0. The van der Waals surface area contributed by atoms with Gasteiger partial charge >= 0.3 is 0 Å². The summed E-state index contributed by atoms with van der Waals surface area (Å²) >= 11 is 0. The van der Waals surface area contributed by atoms with Gasteiger partial charge in [-0.2, -0.15) is 0 Å². The van der Waals surface area contributed by atoms with Gasteiger partial charge in [-0.1, -0.05) is 36.4 Å². The molecule has 3 N–H and O–H groups in total. The molecule has 3 nitrogen and oxygen atoms in total. The van der Waals surface area contributed by atoms with Gasteiger partial charge in [-0.05, 0) is 31.2 Å². The fourth-order valence-corrected chi connectivity index (χ4v) is 3.32. The Morgan fingerprint density at radius 3 is 2.64 bits per heavy atom. The van der Waals surface area contributed by atoms with Gasteiger partial charge in [-0.15, -0.1) is 0 Å². The van der Waals surface area contributed by atoms with E-state index in [1.54, 1.807) is 12.1 Å². The van der Waals surface area contributed by atoms with Crippen molar-refractivity contribution in [2.24, 2.45) is 0 Å². The van der Waals surface area contributed by atoms with Gasteiger partial charge in [0, 0.05) is 33.8 Å². The summed E-state index contributed by atoms with van der Waals surface area (Å²) in [6.45, 7) is 2.05. The highest BCUT2D eigenvalue weighted by Crippen LogP contribution is 2.34. The lowest BCUT2D eigenvalue weighted by Crippen LogP contribution is -2.19. The fourth-order valence-electron chi connectivity index (χ4n) is 3.32. The number of rotatable bonds is 4. The Bertz CT molecular complexity index is 1010. The Kier molecular flexibility index (Phi) is 3.94. The number of hydrogen-bond acceptors (Lipinski definition) is 1. The van der Waals surface area contributed by atoms with Crippen LogP contribution < -0.4 is 10.3 Å². The van der Waals surface area contributed by atoms with Gasteiger partial charge < -0.3 is 4.98 Å². The fraction of sp³-hybridized carbons (Fsp3) is 0.0952. The first-order chi connectivity index (χ1) is 12.2. The first kappa shape index (κ1) is 15.4. The minimum absolute atomic E-state index is 0.175. The van der Waals surface area contributed by atoms with Gasteiger partial charge in [0.2, 0.25) is 0 Å². The van der Waals surface area contributed by atoms with E-state index in [0.717, 1.165) is 33.5 Å². The maximum atomic E-state index is 13.9. The van der Waals surface area contributed by atoms with Crippen LogP contribution in [0.4, 0.5) is 10.2 Å². The third-order valence-corrected chi connectivity index (χ3v) is 4.42. The first-order valence-corrected chi connectivity index (χ1v) is 8.28. The van der Waals surface area contributed by atoms with Crippen LogP contribution in [0.2, 0.25) is 0 Å². The van der Waals surface area contributed by atoms with E-state index in [9.17, 15) is 4.39 Å². The molecule has 4 aromatic rings. The predicted octanol–water partition coefficient (Wildman–Crippen LogP) is 4.63. The van der Waals surface area contributed by atoms with Crippen LogP contribution >= 0.6 is 0 Å². The van der Waals surface area contributed by atoms with Crippen LogP contribution in [-0.2, 0) is 0 Å². The molecular formula is C21H19FN3+. The minimum atomic E-state index is -0.237. The number of halogens is 1. The number of fused-ring (bicyclic) bond motifs is 1. The van der Waals surface area contributed by atoms with Crippen molar-refractivity contribution in [1.29, 1.82) is 0 Å². The Hall–Kier alpha value is -3.14. The summed E-state index contributed by atoms with van der Waals surface area (Å²) in [6.07, 6.45) is 1.87.